The number of aliphatic hydroxyl groups excluding tert-OH is 1. The number of methoxy groups -OCH3 is 3. The topological polar surface area (TPSA) is 92.7 Å². The maximum Gasteiger partial charge on any atom is 0.338 e. The van der Waals surface area contributed by atoms with Crippen molar-refractivity contribution >= 4 is 11.7 Å². The highest BCUT2D eigenvalue weighted by molar-refractivity contribution is 6.01. The van der Waals surface area contributed by atoms with Crippen molar-refractivity contribution in [1.29, 1.82) is 0 Å². The van der Waals surface area contributed by atoms with Gasteiger partial charge in [-0.25, -0.2) is 4.79 Å². The van der Waals surface area contributed by atoms with E-state index < -0.39 is 5.97 Å². The number of hydrogen-bond donors (Lipinski definition) is 1. The largest absolute Gasteiger partial charge is 0.507 e. The van der Waals surface area contributed by atoms with Crippen LogP contribution in [0, 0.1) is 5.92 Å². The first-order chi connectivity index (χ1) is 14.6. The van der Waals surface area contributed by atoms with E-state index in [4.69, 9.17) is 28.4 Å². The molecular weight excluding hydrogens is 392 g/mol. The quantitative estimate of drug-likeness (QED) is 0.769. The first-order valence-corrected chi connectivity index (χ1v) is 9.43. The van der Waals surface area contributed by atoms with Crippen LogP contribution >= 0.6 is 0 Å². The van der Waals surface area contributed by atoms with Crippen LogP contribution in [-0.2, 0) is 16.0 Å². The Kier molecular flexibility index (Phi) is 4.16. The molecule has 0 aromatic heterocycles. The summed E-state index contributed by atoms with van der Waals surface area (Å²) in [5.41, 5.74) is 2.93. The van der Waals surface area contributed by atoms with Gasteiger partial charge in [0.25, 0.3) is 0 Å². The van der Waals surface area contributed by atoms with E-state index in [2.05, 4.69) is 0 Å². The van der Waals surface area contributed by atoms with Crippen molar-refractivity contribution in [1.82, 2.24) is 0 Å². The zero-order valence-corrected chi connectivity index (χ0v) is 16.7. The highest BCUT2D eigenvalue weighted by atomic mass is 16.7. The molecule has 2 heterocycles. The number of carbonyl (C=O) groups excluding carboxylic acids is 1. The molecule has 30 heavy (non-hydrogen) atoms. The Morgan fingerprint density at radius 3 is 2.30 bits per heavy atom. The first kappa shape index (κ1) is 18.5. The average Bonchev–Trinajstić information content (AvgIpc) is 3.36. The van der Waals surface area contributed by atoms with Gasteiger partial charge in [-0.05, 0) is 30.2 Å². The summed E-state index contributed by atoms with van der Waals surface area (Å²) in [6, 6.07) is 5.32. The van der Waals surface area contributed by atoms with E-state index in [0.29, 0.717) is 46.3 Å². The van der Waals surface area contributed by atoms with E-state index in [0.717, 1.165) is 11.1 Å². The lowest BCUT2D eigenvalue weighted by Crippen LogP contribution is -2.14. The highest BCUT2D eigenvalue weighted by Crippen LogP contribution is 2.53. The van der Waals surface area contributed by atoms with Crippen molar-refractivity contribution < 1.29 is 38.3 Å². The Labute approximate surface area is 172 Å². The predicted molar refractivity (Wildman–Crippen MR) is 105 cm³/mol. The summed E-state index contributed by atoms with van der Waals surface area (Å²) in [4.78, 5) is 12.4. The monoisotopic (exact) mass is 412 g/mol. The molecule has 2 aromatic carbocycles. The molecule has 0 amide bonds. The van der Waals surface area contributed by atoms with Crippen LogP contribution in [0.2, 0.25) is 0 Å². The lowest BCUT2D eigenvalue weighted by molar-refractivity contribution is -0.135. The number of fused-ring (bicyclic) bond motifs is 5. The van der Waals surface area contributed by atoms with Crippen LogP contribution in [0.25, 0.3) is 16.9 Å². The number of benzene rings is 2. The van der Waals surface area contributed by atoms with Crippen LogP contribution in [-0.4, -0.2) is 45.8 Å². The molecule has 156 valence electrons. The normalized spacial score (nSPS) is 21.0. The second-order valence-electron chi connectivity index (χ2n) is 7.19. The zero-order valence-electron chi connectivity index (χ0n) is 16.7. The molecule has 0 radical (unpaired) electrons. The lowest BCUT2D eigenvalue weighted by Gasteiger charge is -2.25. The number of aliphatic hydroxyl groups is 1. The van der Waals surface area contributed by atoms with Gasteiger partial charge in [0.2, 0.25) is 12.5 Å². The minimum absolute atomic E-state index is 0.0795. The smallest absolute Gasteiger partial charge is 0.338 e. The van der Waals surface area contributed by atoms with Crippen LogP contribution in [0.4, 0.5) is 0 Å². The van der Waals surface area contributed by atoms with E-state index >= 15 is 0 Å². The first-order valence-electron chi connectivity index (χ1n) is 9.43. The molecule has 5 rings (SSSR count). The van der Waals surface area contributed by atoms with E-state index in [1.54, 1.807) is 26.4 Å². The van der Waals surface area contributed by atoms with Crippen molar-refractivity contribution in [3.05, 3.63) is 34.9 Å². The van der Waals surface area contributed by atoms with Crippen LogP contribution in [0.15, 0.2) is 23.8 Å². The van der Waals surface area contributed by atoms with E-state index in [1.165, 1.54) is 7.11 Å². The number of esters is 1. The molecule has 1 aliphatic carbocycles. The molecule has 1 saturated heterocycles. The summed E-state index contributed by atoms with van der Waals surface area (Å²) in [6.07, 6.45) is 0.449. The molecule has 2 aliphatic heterocycles. The van der Waals surface area contributed by atoms with Crippen molar-refractivity contribution in [2.45, 2.75) is 6.42 Å². The Balaban J connectivity index is 1.90. The van der Waals surface area contributed by atoms with Gasteiger partial charge in [0.15, 0.2) is 23.0 Å². The molecular formula is C22H20O8. The van der Waals surface area contributed by atoms with Gasteiger partial charge >= 0.3 is 5.97 Å². The molecule has 2 aromatic rings. The summed E-state index contributed by atoms with van der Waals surface area (Å²) in [5.74, 6) is 1.49. The fourth-order valence-electron chi connectivity index (χ4n) is 4.37. The molecule has 8 heteroatoms. The summed E-state index contributed by atoms with van der Waals surface area (Å²) in [6.45, 7) is 0.268. The summed E-state index contributed by atoms with van der Waals surface area (Å²) >= 11 is 0. The lowest BCUT2D eigenvalue weighted by atomic mass is 9.82. The maximum atomic E-state index is 12.4. The fraction of sp³-hybridized carbons (Fsp3) is 0.318. The number of carbonyl (C=O) groups is 1. The second-order valence-corrected chi connectivity index (χ2v) is 7.19. The summed E-state index contributed by atoms with van der Waals surface area (Å²) in [7, 11) is 4.64. The van der Waals surface area contributed by atoms with Crippen molar-refractivity contribution in [2.24, 2.45) is 5.92 Å². The number of rotatable bonds is 3. The Morgan fingerprint density at radius 2 is 1.63 bits per heavy atom. The Hall–Kier alpha value is -3.55. The van der Waals surface area contributed by atoms with Gasteiger partial charge in [0.1, 0.15) is 5.76 Å². The van der Waals surface area contributed by atoms with Gasteiger partial charge in [0.05, 0.1) is 33.5 Å². The number of ether oxygens (including phenoxy) is 6. The van der Waals surface area contributed by atoms with Gasteiger partial charge < -0.3 is 33.5 Å². The summed E-state index contributed by atoms with van der Waals surface area (Å²) in [5, 5.41) is 11.1. The van der Waals surface area contributed by atoms with Crippen molar-refractivity contribution in [3.8, 4) is 39.9 Å². The number of hydrogen-bond acceptors (Lipinski definition) is 8. The average molecular weight is 412 g/mol. The molecule has 3 aliphatic rings. The van der Waals surface area contributed by atoms with E-state index in [1.807, 2.05) is 6.07 Å². The second kappa shape index (κ2) is 6.76. The van der Waals surface area contributed by atoms with Crippen LogP contribution < -0.4 is 23.7 Å². The standard InChI is InChI=1S/C22H20O8/c1-25-16-5-10-4-11-8-28-22(24)18(11)19(23)13-7-15-14(29-9-30-15)6-12(13)17(10)21(27-3)20(16)26-2/h5-7,11,23H,4,8-9H2,1-3H3/b19-18-/t11-/m0/s1. The molecule has 1 fully saturated rings. The van der Waals surface area contributed by atoms with Crippen LogP contribution in [0.5, 0.6) is 28.7 Å². The van der Waals surface area contributed by atoms with Gasteiger partial charge in [-0.1, -0.05) is 0 Å². The predicted octanol–water partition coefficient (Wildman–Crippen LogP) is 3.11. The van der Waals surface area contributed by atoms with Crippen LogP contribution in [0.3, 0.4) is 0 Å². The Morgan fingerprint density at radius 1 is 0.933 bits per heavy atom. The minimum Gasteiger partial charge on any atom is -0.507 e. The molecule has 8 nitrogen and oxygen atoms in total. The fourth-order valence-corrected chi connectivity index (χ4v) is 4.37. The molecule has 0 saturated carbocycles. The molecule has 1 N–H and O–H groups in total. The summed E-state index contributed by atoms with van der Waals surface area (Å²) < 4.78 is 33.2. The van der Waals surface area contributed by atoms with Gasteiger partial charge in [-0.2, -0.15) is 0 Å². The van der Waals surface area contributed by atoms with E-state index in [9.17, 15) is 9.90 Å². The van der Waals surface area contributed by atoms with Crippen LogP contribution in [0.1, 0.15) is 11.1 Å². The third-order valence-corrected chi connectivity index (χ3v) is 5.71. The maximum absolute atomic E-state index is 12.4. The van der Waals surface area contributed by atoms with Gasteiger partial charge in [-0.3, -0.25) is 0 Å². The zero-order chi connectivity index (χ0) is 21.0. The highest BCUT2D eigenvalue weighted by Gasteiger charge is 2.39. The molecule has 0 unspecified atom stereocenters. The molecule has 0 bridgehead atoms. The number of cyclic esters (lactones) is 1. The third kappa shape index (κ3) is 2.49. The molecule has 1 atom stereocenters. The van der Waals surface area contributed by atoms with Crippen molar-refractivity contribution in [3.63, 3.8) is 0 Å². The van der Waals surface area contributed by atoms with Gasteiger partial charge in [-0.15, -0.1) is 0 Å². The Bertz CT molecular complexity index is 1100. The van der Waals surface area contributed by atoms with Crippen molar-refractivity contribution in [2.75, 3.05) is 34.7 Å². The van der Waals surface area contributed by atoms with E-state index in [-0.39, 0.29) is 30.6 Å². The van der Waals surface area contributed by atoms with Gasteiger partial charge in [0, 0.05) is 22.6 Å². The molecule has 0 spiro atoms. The SMILES string of the molecule is COc1cc2c(c(OC)c1OC)-c1cc3c(cc1/C(O)=C1/C(=O)OC[C@@H]1C2)OCO3. The minimum atomic E-state index is -0.517. The third-order valence-electron chi connectivity index (χ3n) is 5.71.